The van der Waals surface area contributed by atoms with Gasteiger partial charge in [0.25, 0.3) is 11.5 Å². The minimum absolute atomic E-state index is 0.109. The van der Waals surface area contributed by atoms with E-state index in [9.17, 15) is 14.4 Å². The van der Waals surface area contributed by atoms with Crippen LogP contribution in [0.4, 0.5) is 5.69 Å². The average Bonchev–Trinajstić information content (AvgIpc) is 2.41. The van der Waals surface area contributed by atoms with E-state index in [2.05, 4.69) is 10.3 Å². The zero-order chi connectivity index (χ0) is 15.6. The number of aromatic nitrogens is 2. The highest BCUT2D eigenvalue weighted by atomic mass is 35.5. The Hall–Kier alpha value is -2.25. The third kappa shape index (κ3) is 3.26. The molecule has 0 aliphatic rings. The van der Waals surface area contributed by atoms with Crippen molar-refractivity contribution in [2.24, 2.45) is 0 Å². The lowest BCUT2D eigenvalue weighted by atomic mass is 10.2. The number of hydrogen-bond acceptors (Lipinski definition) is 4. The van der Waals surface area contributed by atoms with Crippen molar-refractivity contribution in [1.29, 1.82) is 0 Å². The monoisotopic (exact) mass is 329 g/mol. The van der Waals surface area contributed by atoms with Gasteiger partial charge in [0, 0.05) is 11.8 Å². The molecular formula is C12H9Cl2N3O4. The Morgan fingerprint density at radius 2 is 1.86 bits per heavy atom. The molecule has 0 saturated heterocycles. The maximum absolute atomic E-state index is 12.0. The van der Waals surface area contributed by atoms with E-state index in [0.29, 0.717) is 0 Å². The van der Waals surface area contributed by atoms with Crippen molar-refractivity contribution in [3.8, 4) is 5.75 Å². The molecule has 0 fully saturated rings. The number of hydrogen-bond donors (Lipinski definition) is 3. The third-order valence-corrected chi connectivity index (χ3v) is 3.09. The van der Waals surface area contributed by atoms with Crippen LogP contribution in [-0.4, -0.2) is 23.0 Å². The predicted molar refractivity (Wildman–Crippen MR) is 78.7 cm³/mol. The van der Waals surface area contributed by atoms with Gasteiger partial charge in [-0.3, -0.25) is 14.6 Å². The van der Waals surface area contributed by atoms with E-state index in [1.807, 2.05) is 4.98 Å². The first-order valence-electron chi connectivity index (χ1n) is 5.58. The van der Waals surface area contributed by atoms with Gasteiger partial charge in [-0.25, -0.2) is 4.79 Å². The van der Waals surface area contributed by atoms with Gasteiger partial charge in [-0.15, -0.1) is 0 Å². The molecule has 0 saturated carbocycles. The average molecular weight is 330 g/mol. The van der Waals surface area contributed by atoms with E-state index in [-0.39, 0.29) is 27.0 Å². The van der Waals surface area contributed by atoms with E-state index in [1.165, 1.54) is 19.2 Å². The molecule has 1 amide bonds. The second-order valence-corrected chi connectivity index (χ2v) is 4.73. The number of H-pyrrole nitrogens is 2. The fourth-order valence-corrected chi connectivity index (χ4v) is 2.22. The molecular weight excluding hydrogens is 321 g/mol. The lowest BCUT2D eigenvalue weighted by Crippen LogP contribution is -2.26. The van der Waals surface area contributed by atoms with Crippen molar-refractivity contribution >= 4 is 34.8 Å². The molecule has 110 valence electrons. The Bertz CT molecular complexity index is 790. The molecule has 21 heavy (non-hydrogen) atoms. The van der Waals surface area contributed by atoms with E-state index in [4.69, 9.17) is 27.9 Å². The lowest BCUT2D eigenvalue weighted by Gasteiger charge is -2.09. The molecule has 0 radical (unpaired) electrons. The fourth-order valence-electron chi connectivity index (χ4n) is 1.58. The standard InChI is InChI=1S/C12H9Cl2N3O4/c1-21-9-6(13)2-5(3-7(9)14)10(18)16-8-4-15-12(20)17-11(8)19/h2-4H,1H3,(H,16,18)(H2,15,17,19,20). The number of anilines is 1. The summed E-state index contributed by atoms with van der Waals surface area (Å²) in [6, 6.07) is 2.70. The molecule has 0 bridgehead atoms. The van der Waals surface area contributed by atoms with Crippen molar-refractivity contribution < 1.29 is 9.53 Å². The number of methoxy groups -OCH3 is 1. The molecule has 0 spiro atoms. The van der Waals surface area contributed by atoms with Gasteiger partial charge in [0.15, 0.2) is 5.75 Å². The lowest BCUT2D eigenvalue weighted by molar-refractivity contribution is 0.102. The minimum atomic E-state index is -0.724. The quantitative estimate of drug-likeness (QED) is 0.795. The van der Waals surface area contributed by atoms with Crippen LogP contribution in [0.25, 0.3) is 0 Å². The molecule has 0 aliphatic carbocycles. The Balaban J connectivity index is 2.33. The Kier molecular flexibility index (Phi) is 4.35. The van der Waals surface area contributed by atoms with Crippen LogP contribution in [0, 0.1) is 0 Å². The number of carbonyl (C=O) groups excluding carboxylic acids is 1. The van der Waals surface area contributed by atoms with Crippen LogP contribution in [-0.2, 0) is 0 Å². The van der Waals surface area contributed by atoms with Crippen LogP contribution in [0.1, 0.15) is 10.4 Å². The van der Waals surface area contributed by atoms with Crippen LogP contribution < -0.4 is 21.3 Å². The van der Waals surface area contributed by atoms with Gasteiger partial charge in [0.1, 0.15) is 5.69 Å². The molecule has 9 heteroatoms. The number of nitrogens with one attached hydrogen (secondary N) is 3. The zero-order valence-electron chi connectivity index (χ0n) is 10.6. The molecule has 2 aromatic rings. The molecule has 0 atom stereocenters. The van der Waals surface area contributed by atoms with Crippen molar-refractivity contribution in [2.75, 3.05) is 12.4 Å². The van der Waals surface area contributed by atoms with E-state index in [0.717, 1.165) is 6.20 Å². The Morgan fingerprint density at radius 3 is 2.38 bits per heavy atom. The van der Waals surface area contributed by atoms with Crippen LogP contribution in [0.5, 0.6) is 5.75 Å². The molecule has 1 aromatic heterocycles. The van der Waals surface area contributed by atoms with Crippen LogP contribution in [0.15, 0.2) is 27.9 Å². The van der Waals surface area contributed by atoms with Crippen molar-refractivity contribution in [3.63, 3.8) is 0 Å². The van der Waals surface area contributed by atoms with E-state index >= 15 is 0 Å². The summed E-state index contributed by atoms with van der Waals surface area (Å²) in [6.07, 6.45) is 1.09. The highest BCUT2D eigenvalue weighted by Crippen LogP contribution is 2.33. The SMILES string of the molecule is COc1c(Cl)cc(C(=O)Nc2c[nH]c(=O)[nH]c2=O)cc1Cl. The van der Waals surface area contributed by atoms with E-state index < -0.39 is 17.2 Å². The summed E-state index contributed by atoms with van der Waals surface area (Å²) in [6.45, 7) is 0. The van der Waals surface area contributed by atoms with Crippen molar-refractivity contribution in [1.82, 2.24) is 9.97 Å². The third-order valence-electron chi connectivity index (χ3n) is 2.53. The minimum Gasteiger partial charge on any atom is -0.494 e. The summed E-state index contributed by atoms with van der Waals surface area (Å²) in [5.74, 6) is -0.365. The molecule has 1 heterocycles. The Morgan fingerprint density at radius 1 is 1.24 bits per heavy atom. The van der Waals surface area contributed by atoms with Crippen LogP contribution in [0.3, 0.4) is 0 Å². The predicted octanol–water partition coefficient (Wildman–Crippen LogP) is 1.63. The summed E-state index contributed by atoms with van der Waals surface area (Å²) in [5, 5.41) is 2.65. The second kappa shape index (κ2) is 6.02. The molecule has 0 aliphatic heterocycles. The number of ether oxygens (including phenoxy) is 1. The second-order valence-electron chi connectivity index (χ2n) is 3.91. The van der Waals surface area contributed by atoms with Gasteiger partial charge in [-0.05, 0) is 12.1 Å². The maximum Gasteiger partial charge on any atom is 0.325 e. The van der Waals surface area contributed by atoms with Gasteiger partial charge in [0.05, 0.1) is 17.2 Å². The summed E-state index contributed by atoms with van der Waals surface area (Å²) < 4.78 is 4.97. The van der Waals surface area contributed by atoms with Gasteiger partial charge < -0.3 is 15.0 Å². The molecule has 0 unspecified atom stereocenters. The summed E-state index contributed by atoms with van der Waals surface area (Å²) in [7, 11) is 1.40. The number of benzene rings is 1. The normalized spacial score (nSPS) is 10.2. The zero-order valence-corrected chi connectivity index (χ0v) is 12.1. The van der Waals surface area contributed by atoms with Gasteiger partial charge in [-0.1, -0.05) is 23.2 Å². The maximum atomic E-state index is 12.0. The van der Waals surface area contributed by atoms with Crippen LogP contribution >= 0.6 is 23.2 Å². The first kappa shape index (κ1) is 15.1. The Labute approximate surface area is 127 Å². The van der Waals surface area contributed by atoms with Crippen LogP contribution in [0.2, 0.25) is 10.0 Å². The number of amides is 1. The summed E-state index contributed by atoms with van der Waals surface area (Å²) in [5.41, 5.74) is -1.37. The topological polar surface area (TPSA) is 104 Å². The fraction of sp³-hybridized carbons (Fsp3) is 0.0833. The first-order valence-corrected chi connectivity index (χ1v) is 6.34. The van der Waals surface area contributed by atoms with E-state index in [1.54, 1.807) is 0 Å². The number of rotatable bonds is 3. The summed E-state index contributed by atoms with van der Waals surface area (Å²) in [4.78, 5) is 38.6. The molecule has 7 nitrogen and oxygen atoms in total. The molecule has 3 N–H and O–H groups in total. The number of carbonyl (C=O) groups is 1. The smallest absolute Gasteiger partial charge is 0.325 e. The highest BCUT2D eigenvalue weighted by Gasteiger charge is 2.14. The highest BCUT2D eigenvalue weighted by molar-refractivity contribution is 6.37. The first-order chi connectivity index (χ1) is 9.92. The summed E-state index contributed by atoms with van der Waals surface area (Å²) >= 11 is 11.9. The van der Waals surface area contributed by atoms with Crippen molar-refractivity contribution in [2.45, 2.75) is 0 Å². The van der Waals surface area contributed by atoms with Crippen molar-refractivity contribution in [3.05, 3.63) is 54.8 Å². The molecule has 1 aromatic carbocycles. The number of halogens is 2. The van der Waals surface area contributed by atoms with Gasteiger partial charge >= 0.3 is 5.69 Å². The van der Waals surface area contributed by atoms with Gasteiger partial charge in [-0.2, -0.15) is 0 Å². The largest absolute Gasteiger partial charge is 0.494 e. The number of aromatic amines is 2. The molecule has 2 rings (SSSR count). The van der Waals surface area contributed by atoms with Gasteiger partial charge in [0.2, 0.25) is 0 Å².